The molecule has 3 aliphatic heterocycles. The van der Waals surface area contributed by atoms with Crippen LogP contribution in [0.15, 0.2) is 0 Å². The number of aryl methyl sites for hydroxylation is 1. The fraction of sp³-hybridized carbons (Fsp3) is 0.692. The Hall–Kier alpha value is -2.76. The second kappa shape index (κ2) is 9.71. The Bertz CT molecular complexity index is 1280. The maximum atomic E-state index is 10.2. The van der Waals surface area contributed by atoms with Crippen LogP contribution in [-0.4, -0.2) is 103 Å². The van der Waals surface area contributed by atoms with Gasteiger partial charge in [-0.3, -0.25) is 4.90 Å². The number of thiophene rings is 1. The van der Waals surface area contributed by atoms with Gasteiger partial charge < -0.3 is 34.7 Å². The fourth-order valence-electron chi connectivity index (χ4n) is 6.30. The highest BCUT2D eigenvalue weighted by molar-refractivity contribution is 7.16. The van der Waals surface area contributed by atoms with Gasteiger partial charge in [0.05, 0.1) is 38.6 Å². The Labute approximate surface area is 230 Å². The molecule has 2 aromatic rings. The fourth-order valence-corrected chi connectivity index (χ4v) is 7.44. The Morgan fingerprint density at radius 3 is 2.62 bits per heavy atom. The number of anilines is 2. The van der Waals surface area contributed by atoms with Gasteiger partial charge in [0.15, 0.2) is 6.10 Å². The van der Waals surface area contributed by atoms with E-state index in [4.69, 9.17) is 24.7 Å². The molecule has 2 atom stereocenters. The predicted molar refractivity (Wildman–Crippen MR) is 141 cm³/mol. The summed E-state index contributed by atoms with van der Waals surface area (Å²) >= 11 is 1.54. The molecule has 13 heteroatoms. The maximum absolute atomic E-state index is 10.2. The van der Waals surface area contributed by atoms with E-state index in [2.05, 4.69) is 30.8 Å². The number of nitrogens with two attached hydrogens (primary N) is 1. The number of hydrogen-bond donors (Lipinski definition) is 2. The summed E-state index contributed by atoms with van der Waals surface area (Å²) in [5.74, 6) is 0.474. The zero-order chi connectivity index (χ0) is 26.6. The predicted octanol–water partition coefficient (Wildman–Crippen LogP) is 0.721. The molecule has 5 aliphatic rings. The lowest BCUT2D eigenvalue weighted by atomic mass is 9.74. The van der Waals surface area contributed by atoms with Gasteiger partial charge in [-0.1, -0.05) is 0 Å². The van der Waals surface area contributed by atoms with Crippen LogP contribution >= 0.6 is 11.3 Å². The van der Waals surface area contributed by atoms with Gasteiger partial charge in [0.1, 0.15) is 17.2 Å². The summed E-state index contributed by atoms with van der Waals surface area (Å²) in [6, 6.07) is 2.66. The third-order valence-corrected chi connectivity index (χ3v) is 9.80. The minimum atomic E-state index is -0.740. The number of ether oxygens (including phenoxy) is 4. The monoisotopic (exact) mass is 555 g/mol. The van der Waals surface area contributed by atoms with Crippen LogP contribution in [0.4, 0.5) is 10.9 Å². The van der Waals surface area contributed by atoms with Crippen LogP contribution in [0.3, 0.4) is 0 Å². The summed E-state index contributed by atoms with van der Waals surface area (Å²) in [4.78, 5) is 19.5. The Balaban J connectivity index is 1.09. The van der Waals surface area contributed by atoms with Crippen molar-refractivity contribution in [2.75, 3.05) is 76.4 Å². The normalized spacial score (nSPS) is 26.7. The van der Waals surface area contributed by atoms with Gasteiger partial charge >= 0.3 is 12.0 Å². The molecule has 2 aliphatic carbocycles. The van der Waals surface area contributed by atoms with E-state index >= 15 is 0 Å². The Morgan fingerprint density at radius 1 is 1.10 bits per heavy atom. The van der Waals surface area contributed by atoms with Crippen molar-refractivity contribution in [2.45, 2.75) is 43.3 Å². The van der Waals surface area contributed by atoms with E-state index in [0.717, 1.165) is 64.1 Å². The van der Waals surface area contributed by atoms with Crippen LogP contribution in [0.5, 0.6) is 12.0 Å². The summed E-state index contributed by atoms with van der Waals surface area (Å²) in [6.45, 7) is 6.81. The molecule has 0 radical (unpaired) electrons. The lowest BCUT2D eigenvalue weighted by Gasteiger charge is -2.48. The van der Waals surface area contributed by atoms with E-state index in [9.17, 15) is 10.4 Å². The van der Waals surface area contributed by atoms with E-state index in [1.54, 1.807) is 0 Å². The molecule has 3 saturated heterocycles. The second-order valence-corrected chi connectivity index (χ2v) is 12.7. The van der Waals surface area contributed by atoms with Crippen molar-refractivity contribution in [1.29, 1.82) is 5.26 Å². The first kappa shape index (κ1) is 25.2. The number of aromatic nitrogens is 3. The molecule has 39 heavy (non-hydrogen) atoms. The largest absolute Gasteiger partial charge is 0.463 e. The Morgan fingerprint density at radius 2 is 1.90 bits per heavy atom. The first-order valence-corrected chi connectivity index (χ1v) is 14.5. The molecular weight excluding hydrogens is 522 g/mol. The summed E-state index contributed by atoms with van der Waals surface area (Å²) < 4.78 is 23.0. The lowest BCUT2D eigenvalue weighted by Crippen LogP contribution is -2.59. The molecule has 3 N–H and O–H groups in total. The minimum absolute atomic E-state index is 0.105. The zero-order valence-electron chi connectivity index (χ0n) is 21.8. The zero-order valence-corrected chi connectivity index (χ0v) is 22.6. The van der Waals surface area contributed by atoms with Crippen LogP contribution in [0.25, 0.3) is 0 Å². The number of morpholine rings is 1. The minimum Gasteiger partial charge on any atom is -0.463 e. The van der Waals surface area contributed by atoms with Gasteiger partial charge in [-0.05, 0) is 31.2 Å². The van der Waals surface area contributed by atoms with Crippen molar-refractivity contribution >= 4 is 22.3 Å². The third-order valence-electron chi connectivity index (χ3n) is 8.72. The summed E-state index contributed by atoms with van der Waals surface area (Å²) in [5.41, 5.74) is 7.87. The molecule has 5 heterocycles. The van der Waals surface area contributed by atoms with Crippen molar-refractivity contribution < 1.29 is 24.1 Å². The molecule has 4 fully saturated rings. The Kier molecular flexibility index (Phi) is 6.28. The number of fused-ring (bicyclic) bond motifs is 2. The van der Waals surface area contributed by atoms with Gasteiger partial charge in [0.2, 0.25) is 5.95 Å². The maximum Gasteiger partial charge on any atom is 0.324 e. The van der Waals surface area contributed by atoms with Crippen molar-refractivity contribution in [3.63, 3.8) is 0 Å². The van der Waals surface area contributed by atoms with Gasteiger partial charge in [0, 0.05) is 48.4 Å². The smallest absolute Gasteiger partial charge is 0.324 e. The van der Waals surface area contributed by atoms with Crippen molar-refractivity contribution in [1.82, 2.24) is 19.9 Å². The summed E-state index contributed by atoms with van der Waals surface area (Å²) in [7, 11) is 0. The third kappa shape index (κ3) is 4.68. The molecule has 1 spiro atoms. The SMILES string of the molecule is N#Cc1c(N)sc2c1C1(CC2)CN(c2nc(OCC3(CN4CCOCC4)CC3)nc(O[C@H]3COC[C@@H]3O)n2)C1. The summed E-state index contributed by atoms with van der Waals surface area (Å²) in [5, 5.41) is 20.5. The van der Waals surface area contributed by atoms with Crippen molar-refractivity contribution in [3.05, 3.63) is 16.0 Å². The lowest BCUT2D eigenvalue weighted by molar-refractivity contribution is 0.0229. The quantitative estimate of drug-likeness (QED) is 0.472. The van der Waals surface area contributed by atoms with Crippen LogP contribution in [0.2, 0.25) is 0 Å². The highest BCUT2D eigenvalue weighted by Gasteiger charge is 2.52. The standard InChI is InChI=1S/C26H33N7O5S/c27-9-16-20-19(39-21(16)28)1-2-26(20)13-33(14-26)22-29-23(31-24(30-22)38-18-11-36-10-17(18)34)37-15-25(3-4-25)12-32-5-7-35-8-6-32/h17-18,34H,1-8,10-15,28H2/t17-,18-/m0/s1. The second-order valence-electron chi connectivity index (χ2n) is 11.5. The molecule has 0 unspecified atom stereocenters. The molecular formula is C26H33N7O5S. The van der Waals surface area contributed by atoms with Crippen molar-refractivity contribution in [3.8, 4) is 18.1 Å². The first-order valence-electron chi connectivity index (χ1n) is 13.6. The highest BCUT2D eigenvalue weighted by Crippen LogP contribution is 2.52. The number of aliphatic hydroxyl groups is 1. The number of aliphatic hydroxyl groups excluding tert-OH is 1. The van der Waals surface area contributed by atoms with E-state index in [1.807, 2.05) is 0 Å². The molecule has 0 amide bonds. The van der Waals surface area contributed by atoms with Gasteiger partial charge in [-0.2, -0.15) is 15.2 Å². The number of nitrogens with zero attached hydrogens (tertiary/aromatic N) is 6. The van der Waals surface area contributed by atoms with Crippen molar-refractivity contribution in [2.24, 2.45) is 5.41 Å². The number of hydrogen-bond acceptors (Lipinski definition) is 13. The van der Waals surface area contributed by atoms with Crippen LogP contribution in [-0.2, 0) is 21.3 Å². The molecule has 7 rings (SSSR count). The van der Waals surface area contributed by atoms with Crippen LogP contribution < -0.4 is 20.1 Å². The van der Waals surface area contributed by atoms with E-state index < -0.39 is 12.2 Å². The van der Waals surface area contributed by atoms with Gasteiger partial charge in [-0.15, -0.1) is 16.3 Å². The van der Waals surface area contributed by atoms with Gasteiger partial charge in [0.25, 0.3) is 0 Å². The highest BCUT2D eigenvalue weighted by atomic mass is 32.1. The van der Waals surface area contributed by atoms with E-state index in [0.29, 0.717) is 36.2 Å². The number of rotatable bonds is 8. The molecule has 208 valence electrons. The van der Waals surface area contributed by atoms with Gasteiger partial charge in [-0.25, -0.2) is 0 Å². The topological polar surface area (TPSA) is 152 Å². The van der Waals surface area contributed by atoms with Crippen LogP contribution in [0.1, 0.15) is 35.3 Å². The van der Waals surface area contributed by atoms with E-state index in [1.165, 1.54) is 16.2 Å². The molecule has 0 bridgehead atoms. The molecule has 1 saturated carbocycles. The molecule has 12 nitrogen and oxygen atoms in total. The average Bonchev–Trinajstić information content (AvgIpc) is 3.21. The number of nitriles is 1. The van der Waals surface area contributed by atoms with E-state index in [-0.39, 0.29) is 36.1 Å². The first-order chi connectivity index (χ1) is 19.0. The molecule has 0 aromatic carbocycles. The molecule has 2 aromatic heterocycles. The van der Waals surface area contributed by atoms with Crippen LogP contribution in [0, 0.1) is 16.7 Å². The summed E-state index contributed by atoms with van der Waals surface area (Å²) in [6.07, 6.45) is 2.85. The number of nitrogen functional groups attached to an aromatic ring is 1. The average molecular weight is 556 g/mol.